The number of hydroxylamine groups is 2. The molecule has 1 N–H and O–H groups in total. The first kappa shape index (κ1) is 10.5. The van der Waals surface area contributed by atoms with Gasteiger partial charge in [-0.1, -0.05) is 6.07 Å². The number of hydrogen-bond donors (Lipinski definition) is 1. The van der Waals surface area contributed by atoms with Crippen LogP contribution in [0.15, 0.2) is 18.2 Å². The fourth-order valence-corrected chi connectivity index (χ4v) is 2.15. The predicted octanol–water partition coefficient (Wildman–Crippen LogP) is 0.506. The maximum atomic E-state index is 11.1. The molecule has 0 aliphatic carbocycles. The first-order chi connectivity index (χ1) is 7.15. The summed E-state index contributed by atoms with van der Waals surface area (Å²) in [6.45, 7) is 7.39. The minimum atomic E-state index is 0.399. The van der Waals surface area contributed by atoms with Crippen LogP contribution in [0.5, 0.6) is 0 Å². The Balaban J connectivity index is 2.15. The zero-order valence-electron chi connectivity index (χ0n) is 9.42. The van der Waals surface area contributed by atoms with Crippen LogP contribution < -0.4 is 9.96 Å². The summed E-state index contributed by atoms with van der Waals surface area (Å²) in [4.78, 5) is 2.31. The number of rotatable bonds is 1. The third-order valence-corrected chi connectivity index (χ3v) is 2.89. The van der Waals surface area contributed by atoms with Gasteiger partial charge in [0.2, 0.25) is 0 Å². The Morgan fingerprint density at radius 1 is 1.07 bits per heavy atom. The number of nitrogens with one attached hydrogen (secondary N) is 1. The van der Waals surface area contributed by atoms with Crippen molar-refractivity contribution < 1.29 is 5.06 Å². The van der Waals surface area contributed by atoms with E-state index in [1.54, 1.807) is 0 Å². The molecule has 1 aliphatic rings. The molecule has 0 aromatic heterocycles. The Morgan fingerprint density at radius 2 is 1.60 bits per heavy atom. The van der Waals surface area contributed by atoms with E-state index >= 15 is 0 Å². The molecular formula is C12H18N2O. The van der Waals surface area contributed by atoms with Gasteiger partial charge in [0, 0.05) is 5.69 Å². The molecule has 0 spiro atoms. The fraction of sp³-hybridized carbons (Fsp3) is 0.500. The van der Waals surface area contributed by atoms with Gasteiger partial charge in [-0.3, -0.25) is 0 Å². The van der Waals surface area contributed by atoms with Crippen LogP contribution in [0.4, 0.5) is 5.69 Å². The van der Waals surface area contributed by atoms with Crippen LogP contribution in [-0.2, 0) is 0 Å². The van der Waals surface area contributed by atoms with Crippen molar-refractivity contribution in [1.82, 2.24) is 0 Å². The van der Waals surface area contributed by atoms with Crippen LogP contribution in [-0.4, -0.2) is 26.2 Å². The van der Waals surface area contributed by atoms with Crippen molar-refractivity contribution in [1.29, 1.82) is 0 Å². The topological polar surface area (TPSA) is 30.7 Å². The normalized spacial score (nSPS) is 18.2. The Bertz CT molecular complexity index is 323. The highest BCUT2D eigenvalue weighted by Crippen LogP contribution is 2.18. The molecule has 1 fully saturated rings. The van der Waals surface area contributed by atoms with E-state index in [2.05, 4.69) is 36.9 Å². The zero-order chi connectivity index (χ0) is 10.8. The van der Waals surface area contributed by atoms with Gasteiger partial charge < -0.3 is 15.2 Å². The molecule has 3 nitrogen and oxygen atoms in total. The smallest absolute Gasteiger partial charge is 0.0946 e. The van der Waals surface area contributed by atoms with Crippen molar-refractivity contribution in [2.75, 3.05) is 31.1 Å². The third-order valence-electron chi connectivity index (χ3n) is 2.89. The van der Waals surface area contributed by atoms with Gasteiger partial charge in [-0.05, 0) is 37.1 Å². The highest BCUT2D eigenvalue weighted by molar-refractivity contribution is 5.51. The van der Waals surface area contributed by atoms with E-state index < -0.39 is 0 Å². The van der Waals surface area contributed by atoms with Crippen molar-refractivity contribution in [3.8, 4) is 0 Å². The Labute approximate surface area is 90.9 Å². The van der Waals surface area contributed by atoms with Crippen molar-refractivity contribution in [2.45, 2.75) is 13.8 Å². The first-order valence-electron chi connectivity index (χ1n) is 5.50. The molecule has 0 saturated carbocycles. The van der Waals surface area contributed by atoms with Gasteiger partial charge in [0.15, 0.2) is 0 Å². The monoisotopic (exact) mass is 206 g/mol. The van der Waals surface area contributed by atoms with Crippen molar-refractivity contribution in [3.05, 3.63) is 34.5 Å². The maximum Gasteiger partial charge on any atom is 0.0946 e. The summed E-state index contributed by atoms with van der Waals surface area (Å²) in [5.74, 6) is 0. The lowest BCUT2D eigenvalue weighted by molar-refractivity contribution is -0.848. The SMILES string of the molecule is Cc1cc(C)cc(N2CC[NH+]([O-])CC2)c1. The Morgan fingerprint density at radius 3 is 2.13 bits per heavy atom. The minimum absolute atomic E-state index is 0.399. The number of quaternary nitrogens is 1. The minimum Gasteiger partial charge on any atom is -0.634 e. The summed E-state index contributed by atoms with van der Waals surface area (Å²) >= 11 is 0. The highest BCUT2D eigenvalue weighted by atomic mass is 16.5. The van der Waals surface area contributed by atoms with Crippen LogP contribution >= 0.6 is 0 Å². The number of aryl methyl sites for hydroxylation is 2. The lowest BCUT2D eigenvalue weighted by Gasteiger charge is -2.35. The molecule has 0 radical (unpaired) electrons. The molecule has 1 heterocycles. The summed E-state index contributed by atoms with van der Waals surface area (Å²) in [5, 5.41) is 11.5. The molecule has 82 valence electrons. The average Bonchev–Trinajstić information content (AvgIpc) is 2.17. The van der Waals surface area contributed by atoms with Gasteiger partial charge in [0.05, 0.1) is 26.2 Å². The van der Waals surface area contributed by atoms with E-state index in [1.807, 2.05) is 0 Å². The number of benzene rings is 1. The van der Waals surface area contributed by atoms with Crippen molar-refractivity contribution in [3.63, 3.8) is 0 Å². The van der Waals surface area contributed by atoms with Gasteiger partial charge in [-0.15, -0.1) is 0 Å². The second kappa shape index (κ2) is 4.21. The lowest BCUT2D eigenvalue weighted by Crippen LogP contribution is -3.10. The van der Waals surface area contributed by atoms with Crippen molar-refractivity contribution >= 4 is 5.69 Å². The van der Waals surface area contributed by atoms with E-state index in [0.717, 1.165) is 13.1 Å². The molecule has 0 unspecified atom stereocenters. The van der Waals surface area contributed by atoms with Gasteiger partial charge in [0.25, 0.3) is 0 Å². The molecular weight excluding hydrogens is 188 g/mol. The van der Waals surface area contributed by atoms with Gasteiger partial charge >= 0.3 is 0 Å². The predicted molar refractivity (Wildman–Crippen MR) is 62.2 cm³/mol. The van der Waals surface area contributed by atoms with E-state index in [4.69, 9.17) is 0 Å². The molecule has 0 atom stereocenters. The van der Waals surface area contributed by atoms with E-state index in [0.29, 0.717) is 18.2 Å². The molecule has 1 aromatic rings. The van der Waals surface area contributed by atoms with Gasteiger partial charge in [-0.25, -0.2) is 0 Å². The molecule has 1 aromatic carbocycles. The molecule has 0 amide bonds. The number of nitrogens with zero attached hydrogens (tertiary/aromatic N) is 1. The quantitative estimate of drug-likeness (QED) is 0.679. The fourth-order valence-electron chi connectivity index (χ4n) is 2.15. The first-order valence-corrected chi connectivity index (χ1v) is 5.50. The van der Waals surface area contributed by atoms with E-state index in [1.165, 1.54) is 16.8 Å². The summed E-state index contributed by atoms with van der Waals surface area (Å²) < 4.78 is 0. The average molecular weight is 206 g/mol. The Hall–Kier alpha value is -1.06. The lowest BCUT2D eigenvalue weighted by atomic mass is 10.1. The van der Waals surface area contributed by atoms with Crippen molar-refractivity contribution in [2.24, 2.45) is 0 Å². The molecule has 2 rings (SSSR count). The van der Waals surface area contributed by atoms with Crippen LogP contribution in [0, 0.1) is 19.1 Å². The van der Waals surface area contributed by atoms with Crippen LogP contribution in [0.3, 0.4) is 0 Å². The zero-order valence-corrected chi connectivity index (χ0v) is 9.42. The molecule has 3 heteroatoms. The highest BCUT2D eigenvalue weighted by Gasteiger charge is 2.15. The molecule has 15 heavy (non-hydrogen) atoms. The molecule has 1 saturated heterocycles. The Kier molecular flexibility index (Phi) is 2.93. The molecule has 0 bridgehead atoms. The second-order valence-electron chi connectivity index (χ2n) is 4.37. The summed E-state index contributed by atoms with van der Waals surface area (Å²) in [6.07, 6.45) is 0. The van der Waals surface area contributed by atoms with Crippen LogP contribution in [0.25, 0.3) is 0 Å². The number of anilines is 1. The van der Waals surface area contributed by atoms with Crippen LogP contribution in [0.1, 0.15) is 11.1 Å². The number of hydrogen-bond acceptors (Lipinski definition) is 2. The summed E-state index contributed by atoms with van der Waals surface area (Å²) in [5.41, 5.74) is 3.85. The largest absolute Gasteiger partial charge is 0.634 e. The number of piperazine rings is 1. The standard InChI is InChI=1S/C12H18N2O/c1-10-7-11(2)9-12(8-10)13-3-5-14(15)6-4-13/h7-9,14H,3-6H2,1-2H3. The summed E-state index contributed by atoms with van der Waals surface area (Å²) in [7, 11) is 0. The van der Waals surface area contributed by atoms with Gasteiger partial charge in [-0.2, -0.15) is 0 Å². The third kappa shape index (κ3) is 2.49. The summed E-state index contributed by atoms with van der Waals surface area (Å²) in [6, 6.07) is 6.57. The second-order valence-corrected chi connectivity index (χ2v) is 4.37. The van der Waals surface area contributed by atoms with Gasteiger partial charge in [0.1, 0.15) is 0 Å². The van der Waals surface area contributed by atoms with E-state index in [-0.39, 0.29) is 0 Å². The van der Waals surface area contributed by atoms with Crippen LogP contribution in [0.2, 0.25) is 0 Å². The maximum absolute atomic E-state index is 11.1. The molecule has 1 aliphatic heterocycles. The van der Waals surface area contributed by atoms with E-state index in [9.17, 15) is 5.21 Å².